The van der Waals surface area contributed by atoms with Gasteiger partial charge in [-0.3, -0.25) is 14.2 Å². The zero-order chi connectivity index (χ0) is 19.7. The molecule has 2 aromatic heterocycles. The van der Waals surface area contributed by atoms with Crippen molar-refractivity contribution in [2.75, 3.05) is 18.0 Å². The Bertz CT molecular complexity index is 1140. The Kier molecular flexibility index (Phi) is 4.68. The zero-order valence-electron chi connectivity index (χ0n) is 15.5. The molecule has 8 nitrogen and oxygen atoms in total. The first-order chi connectivity index (χ1) is 13.6. The van der Waals surface area contributed by atoms with Gasteiger partial charge in [-0.15, -0.1) is 0 Å². The van der Waals surface area contributed by atoms with Crippen LogP contribution in [0.4, 0.5) is 5.82 Å². The van der Waals surface area contributed by atoms with Crippen LogP contribution in [-0.4, -0.2) is 39.6 Å². The van der Waals surface area contributed by atoms with Crippen LogP contribution in [0.25, 0.3) is 10.9 Å². The Balaban J connectivity index is 1.52. The van der Waals surface area contributed by atoms with Crippen LogP contribution in [0.3, 0.4) is 0 Å². The number of carbonyl (C=O) groups excluding carboxylic acids is 1. The van der Waals surface area contributed by atoms with Gasteiger partial charge in [-0.2, -0.15) is 0 Å². The summed E-state index contributed by atoms with van der Waals surface area (Å²) >= 11 is 0. The van der Waals surface area contributed by atoms with E-state index in [1.54, 1.807) is 31.3 Å². The Morgan fingerprint density at radius 1 is 1.29 bits per heavy atom. The Morgan fingerprint density at radius 2 is 2.14 bits per heavy atom. The standard InChI is InChI=1S/C20H21N5O3/c1-2-25-19(27)15-7-6-13(11-16(15)23-20(25)28)18(26)22-14-8-10-24(12-14)17-5-3-4-9-21-17/h3-7,9,11,14H,2,8,10,12H2,1H3,(H,22,26)(H,23,28). The summed E-state index contributed by atoms with van der Waals surface area (Å²) in [4.78, 5) is 46.2. The van der Waals surface area contributed by atoms with Gasteiger partial charge in [-0.05, 0) is 43.7 Å². The Hall–Kier alpha value is -3.42. The van der Waals surface area contributed by atoms with Crippen LogP contribution in [0.2, 0.25) is 0 Å². The summed E-state index contributed by atoms with van der Waals surface area (Å²) in [6.45, 7) is 3.54. The van der Waals surface area contributed by atoms with Gasteiger partial charge < -0.3 is 15.2 Å². The van der Waals surface area contributed by atoms with Crippen molar-refractivity contribution in [1.29, 1.82) is 0 Å². The second-order valence-electron chi connectivity index (χ2n) is 6.83. The first kappa shape index (κ1) is 18.0. The molecule has 144 valence electrons. The van der Waals surface area contributed by atoms with Crippen molar-refractivity contribution in [1.82, 2.24) is 19.9 Å². The fourth-order valence-corrected chi connectivity index (χ4v) is 3.58. The number of anilines is 1. The van der Waals surface area contributed by atoms with Gasteiger partial charge in [-0.1, -0.05) is 6.07 Å². The van der Waals surface area contributed by atoms with Gasteiger partial charge in [0.15, 0.2) is 0 Å². The van der Waals surface area contributed by atoms with Crippen molar-refractivity contribution in [3.05, 3.63) is 69.0 Å². The molecular formula is C20H21N5O3. The maximum atomic E-state index is 12.7. The first-order valence-corrected chi connectivity index (χ1v) is 9.30. The van der Waals surface area contributed by atoms with Crippen LogP contribution in [-0.2, 0) is 6.54 Å². The van der Waals surface area contributed by atoms with Crippen molar-refractivity contribution >= 4 is 22.6 Å². The number of nitrogens with zero attached hydrogens (tertiary/aromatic N) is 3. The van der Waals surface area contributed by atoms with E-state index in [4.69, 9.17) is 0 Å². The van der Waals surface area contributed by atoms with E-state index in [0.717, 1.165) is 23.4 Å². The maximum Gasteiger partial charge on any atom is 0.328 e. The molecule has 0 radical (unpaired) electrons. The second kappa shape index (κ2) is 7.30. The third-order valence-corrected chi connectivity index (χ3v) is 5.06. The lowest BCUT2D eigenvalue weighted by molar-refractivity contribution is 0.0940. The summed E-state index contributed by atoms with van der Waals surface area (Å²) in [5.41, 5.74) is -0.0451. The molecule has 4 rings (SSSR count). The minimum absolute atomic E-state index is 0.0114. The quantitative estimate of drug-likeness (QED) is 0.707. The maximum absolute atomic E-state index is 12.7. The van der Waals surface area contributed by atoms with Gasteiger partial charge in [0.1, 0.15) is 5.82 Å². The van der Waals surface area contributed by atoms with Crippen molar-refractivity contribution in [2.45, 2.75) is 25.9 Å². The smallest absolute Gasteiger partial charge is 0.328 e. The van der Waals surface area contributed by atoms with Gasteiger partial charge in [0.05, 0.1) is 10.9 Å². The average Bonchev–Trinajstić information content (AvgIpc) is 3.17. The van der Waals surface area contributed by atoms with Gasteiger partial charge in [-0.25, -0.2) is 9.78 Å². The van der Waals surface area contributed by atoms with E-state index in [1.165, 1.54) is 0 Å². The predicted octanol–water partition coefficient (Wildman–Crippen LogP) is 1.11. The average molecular weight is 379 g/mol. The van der Waals surface area contributed by atoms with Crippen LogP contribution in [0.15, 0.2) is 52.2 Å². The van der Waals surface area contributed by atoms with E-state index in [9.17, 15) is 14.4 Å². The number of hydrogen-bond donors (Lipinski definition) is 2. The first-order valence-electron chi connectivity index (χ1n) is 9.30. The second-order valence-corrected chi connectivity index (χ2v) is 6.83. The highest BCUT2D eigenvalue weighted by Gasteiger charge is 2.25. The van der Waals surface area contributed by atoms with Crippen molar-refractivity contribution in [3.63, 3.8) is 0 Å². The van der Waals surface area contributed by atoms with Gasteiger partial charge >= 0.3 is 5.69 Å². The van der Waals surface area contributed by atoms with Crippen LogP contribution >= 0.6 is 0 Å². The molecule has 0 saturated carbocycles. The molecule has 3 aromatic rings. The Morgan fingerprint density at radius 3 is 2.89 bits per heavy atom. The van der Waals surface area contributed by atoms with Crippen molar-refractivity contribution in [3.8, 4) is 0 Å². The SMILES string of the molecule is CCn1c(=O)[nH]c2cc(C(=O)NC3CCN(c4ccccn4)C3)ccc2c1=O. The number of carbonyl (C=O) groups is 1. The van der Waals surface area contributed by atoms with Crippen LogP contribution in [0, 0.1) is 0 Å². The number of aromatic nitrogens is 3. The van der Waals surface area contributed by atoms with Crippen LogP contribution in [0.5, 0.6) is 0 Å². The number of fused-ring (bicyclic) bond motifs is 1. The lowest BCUT2D eigenvalue weighted by Crippen LogP contribution is -2.37. The summed E-state index contributed by atoms with van der Waals surface area (Å²) in [7, 11) is 0. The summed E-state index contributed by atoms with van der Waals surface area (Å²) in [6.07, 6.45) is 2.58. The molecule has 2 N–H and O–H groups in total. The van der Waals surface area contributed by atoms with E-state index in [-0.39, 0.29) is 17.5 Å². The Labute approximate surface area is 160 Å². The van der Waals surface area contributed by atoms with Gasteiger partial charge in [0.2, 0.25) is 0 Å². The molecule has 28 heavy (non-hydrogen) atoms. The van der Waals surface area contributed by atoms with E-state index >= 15 is 0 Å². The topological polar surface area (TPSA) is 100 Å². The van der Waals surface area contributed by atoms with E-state index in [0.29, 0.717) is 29.6 Å². The molecular weight excluding hydrogens is 358 g/mol. The minimum Gasteiger partial charge on any atom is -0.354 e. The molecule has 0 bridgehead atoms. The van der Waals surface area contributed by atoms with E-state index in [2.05, 4.69) is 20.2 Å². The fraction of sp³-hybridized carbons (Fsp3) is 0.300. The van der Waals surface area contributed by atoms with Crippen LogP contribution < -0.4 is 21.5 Å². The number of amides is 1. The fourth-order valence-electron chi connectivity index (χ4n) is 3.58. The summed E-state index contributed by atoms with van der Waals surface area (Å²) < 4.78 is 1.13. The molecule has 1 aliphatic rings. The number of pyridine rings is 1. The highest BCUT2D eigenvalue weighted by molar-refractivity contribution is 5.97. The number of aromatic amines is 1. The molecule has 1 fully saturated rings. The third kappa shape index (κ3) is 3.28. The number of H-pyrrole nitrogens is 1. The van der Waals surface area contributed by atoms with E-state index in [1.807, 2.05) is 18.2 Å². The lowest BCUT2D eigenvalue weighted by Gasteiger charge is -2.17. The molecule has 1 atom stereocenters. The monoisotopic (exact) mass is 379 g/mol. The molecule has 1 amide bonds. The highest BCUT2D eigenvalue weighted by Crippen LogP contribution is 2.18. The molecule has 1 aromatic carbocycles. The molecule has 1 unspecified atom stereocenters. The third-order valence-electron chi connectivity index (χ3n) is 5.06. The van der Waals surface area contributed by atoms with Gasteiger partial charge in [0.25, 0.3) is 11.5 Å². The molecule has 1 aliphatic heterocycles. The number of rotatable bonds is 4. The molecule has 8 heteroatoms. The molecule has 0 aliphatic carbocycles. The van der Waals surface area contributed by atoms with Crippen molar-refractivity contribution < 1.29 is 4.79 Å². The van der Waals surface area contributed by atoms with Crippen LogP contribution in [0.1, 0.15) is 23.7 Å². The zero-order valence-corrected chi connectivity index (χ0v) is 15.5. The minimum atomic E-state index is -0.473. The van der Waals surface area contributed by atoms with E-state index < -0.39 is 5.69 Å². The van der Waals surface area contributed by atoms with Crippen molar-refractivity contribution in [2.24, 2.45) is 0 Å². The summed E-state index contributed by atoms with van der Waals surface area (Å²) in [5, 5.41) is 3.42. The molecule has 1 saturated heterocycles. The summed E-state index contributed by atoms with van der Waals surface area (Å²) in [5.74, 6) is 0.671. The number of nitrogens with one attached hydrogen (secondary N) is 2. The summed E-state index contributed by atoms with van der Waals surface area (Å²) in [6, 6.07) is 10.5. The normalized spacial score (nSPS) is 16.5. The molecule has 3 heterocycles. The largest absolute Gasteiger partial charge is 0.354 e. The van der Waals surface area contributed by atoms with Gasteiger partial charge in [0, 0.05) is 37.4 Å². The molecule has 0 spiro atoms. The highest BCUT2D eigenvalue weighted by atomic mass is 16.2. The number of benzene rings is 1. The lowest BCUT2D eigenvalue weighted by atomic mass is 10.1. The number of hydrogen-bond acceptors (Lipinski definition) is 5. The predicted molar refractivity (Wildman–Crippen MR) is 107 cm³/mol.